The number of halogens is 1. The number of sulfonamides is 1. The van der Waals surface area contributed by atoms with Crippen molar-refractivity contribution in [3.05, 3.63) is 124 Å². The normalized spacial score (nSPS) is 12.7. The molecule has 4 aromatic rings. The molecule has 0 spiro atoms. The Morgan fingerprint density at radius 1 is 0.933 bits per heavy atom. The van der Waals surface area contributed by atoms with E-state index in [-0.39, 0.29) is 52.6 Å². The molecule has 5 rings (SSSR count). The Morgan fingerprint density at radius 3 is 2.20 bits per heavy atom. The molecule has 0 bridgehead atoms. The molecule has 0 atom stereocenters. The van der Waals surface area contributed by atoms with Crippen molar-refractivity contribution in [2.75, 3.05) is 17.9 Å². The van der Waals surface area contributed by atoms with Crippen molar-refractivity contribution in [3.8, 4) is 5.75 Å². The average Bonchev–Trinajstić information content (AvgIpc) is 3.25. The number of carboxylic acids is 1. The largest absolute Gasteiger partial charge is 0.490 e. The van der Waals surface area contributed by atoms with E-state index < -0.39 is 39.2 Å². The Hall–Kier alpha value is -5.03. The van der Waals surface area contributed by atoms with Gasteiger partial charge in [-0.1, -0.05) is 49.4 Å². The molecule has 1 heterocycles. The lowest BCUT2D eigenvalue weighted by molar-refractivity contribution is 0.0621. The fourth-order valence-electron chi connectivity index (χ4n) is 5.53. The smallest absolute Gasteiger partial charge is 0.341 e. The van der Waals surface area contributed by atoms with Crippen LogP contribution in [0, 0.1) is 12.7 Å². The van der Waals surface area contributed by atoms with Crippen molar-refractivity contribution in [1.82, 2.24) is 4.90 Å². The second kappa shape index (κ2) is 12.9. The van der Waals surface area contributed by atoms with Gasteiger partial charge in [-0.3, -0.25) is 19.2 Å². The van der Waals surface area contributed by atoms with Crippen molar-refractivity contribution in [2.45, 2.75) is 38.0 Å². The lowest BCUT2D eigenvalue weighted by atomic mass is 9.99. The van der Waals surface area contributed by atoms with Crippen LogP contribution in [0.25, 0.3) is 0 Å². The predicted molar refractivity (Wildman–Crippen MR) is 166 cm³/mol. The number of carbonyl (C=O) groups excluding carboxylic acids is 2. The first-order valence-electron chi connectivity index (χ1n) is 14.3. The highest BCUT2D eigenvalue weighted by atomic mass is 32.2. The van der Waals surface area contributed by atoms with Crippen molar-refractivity contribution in [1.29, 1.82) is 0 Å². The van der Waals surface area contributed by atoms with Crippen LogP contribution in [0.1, 0.15) is 60.3 Å². The van der Waals surface area contributed by atoms with Crippen molar-refractivity contribution in [2.24, 2.45) is 0 Å². The summed E-state index contributed by atoms with van der Waals surface area (Å²) in [5, 5.41) is 10.3. The second-order valence-corrected chi connectivity index (χ2v) is 12.2. The van der Waals surface area contributed by atoms with Crippen LogP contribution in [0.15, 0.2) is 83.8 Å². The van der Waals surface area contributed by atoms with Gasteiger partial charge in [0.1, 0.15) is 23.7 Å². The molecule has 0 saturated carbocycles. The first-order valence-corrected chi connectivity index (χ1v) is 15.8. The Bertz CT molecular complexity index is 1870. The summed E-state index contributed by atoms with van der Waals surface area (Å²) in [4.78, 5) is 39.0. The molecule has 0 unspecified atom stereocenters. The van der Waals surface area contributed by atoms with Gasteiger partial charge in [-0.15, -0.1) is 0 Å². The van der Waals surface area contributed by atoms with Crippen LogP contribution in [0.5, 0.6) is 5.75 Å². The molecule has 9 nitrogen and oxygen atoms in total. The number of benzene rings is 4. The van der Waals surface area contributed by atoms with Gasteiger partial charge < -0.3 is 9.84 Å². The first-order chi connectivity index (χ1) is 21.5. The number of carbonyl (C=O) groups is 3. The van der Waals surface area contributed by atoms with E-state index in [1.54, 1.807) is 38.1 Å². The van der Waals surface area contributed by atoms with Gasteiger partial charge in [0.05, 0.1) is 28.3 Å². The number of ether oxygens (including phenoxy) is 1. The standard InChI is InChI=1S/C34H31FN2O7S/c1-3-25-21(2)19-28(36-45(42,43)29-16-15-24(35)20-23(29)14-13-22-9-5-4-6-10-22)30(34(40)41)31(25)44-18-17-37-32(38)26-11-7-8-12-27(26)33(37)39/h4-12,15-16,19-20,36H,3,13-14,17-18H2,1-2H3,(H,40,41). The maximum Gasteiger partial charge on any atom is 0.341 e. The van der Waals surface area contributed by atoms with Gasteiger partial charge in [0.2, 0.25) is 0 Å². The summed E-state index contributed by atoms with van der Waals surface area (Å²) in [6.45, 7) is 3.12. The molecule has 1 aliphatic rings. The summed E-state index contributed by atoms with van der Waals surface area (Å²) in [6.07, 6.45) is 1.05. The number of imide groups is 1. The van der Waals surface area contributed by atoms with E-state index in [9.17, 15) is 32.3 Å². The molecule has 0 saturated heterocycles. The number of hydrogen-bond donors (Lipinski definition) is 2. The first kappa shape index (κ1) is 31.4. The molecule has 0 aromatic heterocycles. The SMILES string of the molecule is CCc1c(C)cc(NS(=O)(=O)c2ccc(F)cc2CCc2ccccc2)c(C(=O)O)c1OCCN1C(=O)c2ccccc2C1=O. The lowest BCUT2D eigenvalue weighted by Crippen LogP contribution is -2.34. The van der Waals surface area contributed by atoms with E-state index in [1.165, 1.54) is 6.07 Å². The molecule has 0 aliphatic carbocycles. The van der Waals surface area contributed by atoms with Gasteiger partial charge in [-0.05, 0) is 84.8 Å². The van der Waals surface area contributed by atoms with Gasteiger partial charge in [0, 0.05) is 0 Å². The fraction of sp³-hybridized carbons (Fsp3) is 0.206. The van der Waals surface area contributed by atoms with Crippen molar-refractivity contribution < 1.29 is 37.0 Å². The van der Waals surface area contributed by atoms with Crippen LogP contribution in [-0.2, 0) is 29.3 Å². The highest BCUT2D eigenvalue weighted by Crippen LogP contribution is 2.36. The number of anilines is 1. The van der Waals surface area contributed by atoms with Gasteiger partial charge >= 0.3 is 5.97 Å². The number of rotatable bonds is 12. The highest BCUT2D eigenvalue weighted by molar-refractivity contribution is 7.92. The number of fused-ring (bicyclic) bond motifs is 1. The summed E-state index contributed by atoms with van der Waals surface area (Å²) in [6, 6.07) is 20.6. The van der Waals surface area contributed by atoms with Gasteiger partial charge in [-0.2, -0.15) is 0 Å². The van der Waals surface area contributed by atoms with E-state index in [4.69, 9.17) is 4.74 Å². The topological polar surface area (TPSA) is 130 Å². The number of aromatic carboxylic acids is 1. The van der Waals surface area contributed by atoms with Crippen LogP contribution >= 0.6 is 0 Å². The zero-order valence-corrected chi connectivity index (χ0v) is 25.5. The quantitative estimate of drug-likeness (QED) is 0.193. The number of nitrogens with one attached hydrogen (secondary N) is 1. The van der Waals surface area contributed by atoms with Crippen LogP contribution in [0.4, 0.5) is 10.1 Å². The molecular formula is C34H31FN2O7S. The summed E-state index contributed by atoms with van der Waals surface area (Å²) in [7, 11) is -4.39. The van der Waals surface area contributed by atoms with Gasteiger partial charge in [0.25, 0.3) is 21.8 Å². The van der Waals surface area contributed by atoms with E-state index in [0.717, 1.165) is 28.7 Å². The summed E-state index contributed by atoms with van der Waals surface area (Å²) < 4.78 is 50.0. The third-order valence-electron chi connectivity index (χ3n) is 7.70. The molecule has 2 amide bonds. The molecule has 232 valence electrons. The summed E-state index contributed by atoms with van der Waals surface area (Å²) in [5.41, 5.74) is 2.19. The third-order valence-corrected chi connectivity index (χ3v) is 9.16. The number of amides is 2. The highest BCUT2D eigenvalue weighted by Gasteiger charge is 2.35. The van der Waals surface area contributed by atoms with Gasteiger partial charge in [-0.25, -0.2) is 17.6 Å². The average molecular weight is 631 g/mol. The van der Waals surface area contributed by atoms with Gasteiger partial charge in [0.15, 0.2) is 0 Å². The van der Waals surface area contributed by atoms with E-state index in [1.807, 2.05) is 30.3 Å². The number of hydrogen-bond acceptors (Lipinski definition) is 6. The molecule has 4 aromatic carbocycles. The molecule has 2 N–H and O–H groups in total. The number of carboxylic acid groups (broad SMARTS) is 1. The molecule has 45 heavy (non-hydrogen) atoms. The maximum absolute atomic E-state index is 14.2. The van der Waals surface area contributed by atoms with Crippen LogP contribution in [0.3, 0.4) is 0 Å². The monoisotopic (exact) mass is 630 g/mol. The van der Waals surface area contributed by atoms with Crippen LogP contribution in [-0.4, -0.2) is 49.4 Å². The van der Waals surface area contributed by atoms with Crippen molar-refractivity contribution >= 4 is 33.5 Å². The predicted octanol–water partition coefficient (Wildman–Crippen LogP) is 5.66. The Balaban J connectivity index is 1.43. The fourth-order valence-corrected chi connectivity index (χ4v) is 6.84. The Labute approximate surface area is 260 Å². The summed E-state index contributed by atoms with van der Waals surface area (Å²) >= 11 is 0. The minimum atomic E-state index is -4.39. The zero-order chi connectivity index (χ0) is 32.3. The second-order valence-electron chi connectivity index (χ2n) is 10.6. The van der Waals surface area contributed by atoms with Crippen molar-refractivity contribution in [3.63, 3.8) is 0 Å². The number of aryl methyl sites for hydroxylation is 3. The van der Waals surface area contributed by atoms with E-state index in [2.05, 4.69) is 4.72 Å². The zero-order valence-electron chi connectivity index (χ0n) is 24.7. The molecule has 1 aliphatic heterocycles. The molecule has 0 fully saturated rings. The maximum atomic E-state index is 14.2. The summed E-state index contributed by atoms with van der Waals surface area (Å²) in [5.74, 6) is -3.06. The lowest BCUT2D eigenvalue weighted by Gasteiger charge is -2.21. The Kier molecular flexibility index (Phi) is 9.01. The molecule has 11 heteroatoms. The minimum absolute atomic E-state index is 0.0669. The van der Waals surface area contributed by atoms with Crippen LogP contribution in [0.2, 0.25) is 0 Å². The number of nitrogens with zero attached hydrogens (tertiary/aromatic N) is 1. The molecular weight excluding hydrogens is 599 g/mol. The van der Waals surface area contributed by atoms with E-state index in [0.29, 0.717) is 24.0 Å². The van der Waals surface area contributed by atoms with Crippen LogP contribution < -0.4 is 9.46 Å². The Morgan fingerprint density at radius 2 is 1.58 bits per heavy atom. The molecule has 0 radical (unpaired) electrons. The van der Waals surface area contributed by atoms with E-state index >= 15 is 0 Å². The minimum Gasteiger partial charge on any atom is -0.490 e. The third kappa shape index (κ3) is 6.44.